The van der Waals surface area contributed by atoms with E-state index < -0.39 is 23.9 Å². The minimum Gasteiger partial charge on any atom is -0.465 e. The summed E-state index contributed by atoms with van der Waals surface area (Å²) in [7, 11) is 2.37. The molecule has 0 spiro atoms. The molecule has 0 saturated carbocycles. The topological polar surface area (TPSA) is 105 Å². The molecule has 0 heterocycles. The Hall–Kier alpha value is -3.16. The number of rotatable bonds is 6. The van der Waals surface area contributed by atoms with Crippen LogP contribution in [-0.2, 0) is 38.1 Å². The second-order valence-corrected chi connectivity index (χ2v) is 5.09. The van der Waals surface area contributed by atoms with E-state index >= 15 is 0 Å². The van der Waals surface area contributed by atoms with Crippen molar-refractivity contribution in [1.29, 1.82) is 0 Å². The zero-order chi connectivity index (χ0) is 19.7. The molecule has 0 saturated heterocycles. The molecular weight excluding hydrogens is 344 g/mol. The Labute approximate surface area is 150 Å². The summed E-state index contributed by atoms with van der Waals surface area (Å²) in [6.07, 6.45) is 5.68. The molecule has 0 aromatic heterocycles. The number of esters is 4. The lowest BCUT2D eigenvalue weighted by Crippen LogP contribution is -2.15. The van der Waals surface area contributed by atoms with Gasteiger partial charge in [-0.2, -0.15) is 0 Å². The van der Waals surface area contributed by atoms with Crippen LogP contribution in [0, 0.1) is 0 Å². The van der Waals surface area contributed by atoms with Gasteiger partial charge in [0.15, 0.2) is 0 Å². The number of carbonyl (C=O) groups excluding carboxylic acids is 4. The number of hydrogen-bond acceptors (Lipinski definition) is 8. The number of methoxy groups -OCH3 is 2. The summed E-state index contributed by atoms with van der Waals surface area (Å²) in [5.74, 6) is -2.46. The first-order valence-corrected chi connectivity index (χ1v) is 7.56. The standard InChI is InChI=1S/C18H20O8/c1-11(19)25-9-13-5-7-15(17(21)23-3)16(18(22)24-4)8-6-14(13)10-26-12(2)20/h5-8H,9-10H2,1-4H3. The Morgan fingerprint density at radius 2 is 1.04 bits per heavy atom. The summed E-state index contributed by atoms with van der Waals surface area (Å²) < 4.78 is 19.4. The zero-order valence-corrected chi connectivity index (χ0v) is 15.0. The maximum atomic E-state index is 12.0. The van der Waals surface area contributed by atoms with E-state index in [1.165, 1.54) is 52.4 Å². The van der Waals surface area contributed by atoms with Crippen LogP contribution < -0.4 is 0 Å². The van der Waals surface area contributed by atoms with E-state index in [-0.39, 0.29) is 24.4 Å². The highest BCUT2D eigenvalue weighted by Crippen LogP contribution is 2.20. The molecule has 1 aliphatic carbocycles. The monoisotopic (exact) mass is 364 g/mol. The van der Waals surface area contributed by atoms with E-state index in [0.717, 1.165) is 0 Å². The average molecular weight is 364 g/mol. The highest BCUT2D eigenvalue weighted by molar-refractivity contribution is 6.04. The van der Waals surface area contributed by atoms with Gasteiger partial charge < -0.3 is 18.9 Å². The van der Waals surface area contributed by atoms with Crippen molar-refractivity contribution in [3.63, 3.8) is 0 Å². The van der Waals surface area contributed by atoms with E-state index in [1.54, 1.807) is 0 Å². The van der Waals surface area contributed by atoms with Crippen LogP contribution in [0.3, 0.4) is 0 Å². The third kappa shape index (κ3) is 6.04. The van der Waals surface area contributed by atoms with Gasteiger partial charge in [0.1, 0.15) is 13.2 Å². The quantitative estimate of drug-likeness (QED) is 0.511. The fourth-order valence-electron chi connectivity index (χ4n) is 1.98. The third-order valence-corrected chi connectivity index (χ3v) is 3.28. The highest BCUT2D eigenvalue weighted by Gasteiger charge is 2.20. The minimum atomic E-state index is -0.735. The van der Waals surface area contributed by atoms with Crippen molar-refractivity contribution in [2.24, 2.45) is 0 Å². The molecule has 8 nitrogen and oxygen atoms in total. The lowest BCUT2D eigenvalue weighted by Gasteiger charge is -2.14. The summed E-state index contributed by atoms with van der Waals surface area (Å²) >= 11 is 0. The minimum absolute atomic E-state index is 0.0255. The van der Waals surface area contributed by atoms with E-state index in [2.05, 4.69) is 9.47 Å². The van der Waals surface area contributed by atoms with E-state index in [4.69, 9.17) is 9.47 Å². The first-order valence-electron chi connectivity index (χ1n) is 7.56. The molecule has 0 aromatic carbocycles. The molecule has 0 N–H and O–H groups in total. The van der Waals surface area contributed by atoms with Gasteiger partial charge in [0.25, 0.3) is 0 Å². The van der Waals surface area contributed by atoms with Crippen LogP contribution in [-0.4, -0.2) is 51.3 Å². The Morgan fingerprint density at radius 1 is 0.692 bits per heavy atom. The number of ether oxygens (including phenoxy) is 4. The molecule has 8 heteroatoms. The normalized spacial score (nSPS) is 13.7. The van der Waals surface area contributed by atoms with Crippen molar-refractivity contribution in [1.82, 2.24) is 0 Å². The van der Waals surface area contributed by atoms with Gasteiger partial charge in [-0.1, -0.05) is 12.2 Å². The molecule has 0 bridgehead atoms. The molecule has 0 aromatic rings. The fraction of sp³-hybridized carbons (Fsp3) is 0.333. The summed E-state index contributed by atoms with van der Waals surface area (Å²) in [5, 5.41) is 0. The second-order valence-electron chi connectivity index (χ2n) is 5.09. The van der Waals surface area contributed by atoms with Gasteiger partial charge in [-0.25, -0.2) is 9.59 Å². The van der Waals surface area contributed by atoms with Crippen LogP contribution in [0.4, 0.5) is 0 Å². The van der Waals surface area contributed by atoms with Gasteiger partial charge in [0, 0.05) is 13.8 Å². The maximum Gasteiger partial charge on any atom is 0.338 e. The Bertz CT molecular complexity index is 661. The van der Waals surface area contributed by atoms with Crippen LogP contribution in [0.5, 0.6) is 0 Å². The van der Waals surface area contributed by atoms with Crippen LogP contribution in [0.1, 0.15) is 13.8 Å². The molecule has 0 radical (unpaired) electrons. The molecule has 1 aliphatic rings. The van der Waals surface area contributed by atoms with Crippen LogP contribution in [0.15, 0.2) is 46.6 Å². The van der Waals surface area contributed by atoms with Gasteiger partial charge in [0.05, 0.1) is 25.4 Å². The lowest BCUT2D eigenvalue weighted by molar-refractivity contribution is -0.141. The SMILES string of the molecule is COC(=O)C1=C(C(=O)OC)C=CC(COC(C)=O)=C(COC(C)=O)C=C1. The van der Waals surface area contributed by atoms with Crippen molar-refractivity contribution in [3.8, 4) is 0 Å². The predicted octanol–water partition coefficient (Wildman–Crippen LogP) is 1.18. The van der Waals surface area contributed by atoms with Gasteiger partial charge in [-0.05, 0) is 23.3 Å². The smallest absolute Gasteiger partial charge is 0.338 e. The van der Waals surface area contributed by atoms with Gasteiger partial charge in [0.2, 0.25) is 0 Å². The molecule has 140 valence electrons. The zero-order valence-electron chi connectivity index (χ0n) is 15.0. The first-order chi connectivity index (χ1) is 12.3. The number of hydrogen-bond donors (Lipinski definition) is 0. The van der Waals surface area contributed by atoms with Crippen molar-refractivity contribution >= 4 is 23.9 Å². The average Bonchev–Trinajstić information content (AvgIpc) is 2.58. The largest absolute Gasteiger partial charge is 0.465 e. The highest BCUT2D eigenvalue weighted by atomic mass is 16.5. The van der Waals surface area contributed by atoms with Crippen LogP contribution >= 0.6 is 0 Å². The third-order valence-electron chi connectivity index (χ3n) is 3.28. The van der Waals surface area contributed by atoms with Crippen LogP contribution in [0.2, 0.25) is 0 Å². The van der Waals surface area contributed by atoms with Crippen LogP contribution in [0.25, 0.3) is 0 Å². The second kappa shape index (κ2) is 9.97. The van der Waals surface area contributed by atoms with Gasteiger partial charge in [-0.3, -0.25) is 9.59 Å². The molecule has 0 aliphatic heterocycles. The maximum absolute atomic E-state index is 12.0. The van der Waals surface area contributed by atoms with Gasteiger partial charge >= 0.3 is 23.9 Å². The van der Waals surface area contributed by atoms with E-state index in [9.17, 15) is 19.2 Å². The Balaban J connectivity index is 3.37. The molecule has 0 unspecified atom stereocenters. The molecule has 0 fully saturated rings. The summed E-state index contributed by atoms with van der Waals surface area (Å²) in [5.41, 5.74) is 0.927. The van der Waals surface area contributed by atoms with Crippen molar-refractivity contribution < 1.29 is 38.1 Å². The Kier molecular flexibility index (Phi) is 8.01. The summed E-state index contributed by atoms with van der Waals surface area (Å²) in [4.78, 5) is 46.2. The molecule has 1 rings (SSSR count). The molecule has 26 heavy (non-hydrogen) atoms. The van der Waals surface area contributed by atoms with Gasteiger partial charge in [-0.15, -0.1) is 0 Å². The van der Waals surface area contributed by atoms with E-state index in [0.29, 0.717) is 11.1 Å². The first kappa shape index (κ1) is 20.9. The van der Waals surface area contributed by atoms with E-state index in [1.807, 2.05) is 0 Å². The molecular formula is C18H20O8. The predicted molar refractivity (Wildman–Crippen MR) is 89.6 cm³/mol. The van der Waals surface area contributed by atoms with Crippen molar-refractivity contribution in [2.75, 3.05) is 27.4 Å². The Morgan fingerprint density at radius 3 is 1.31 bits per heavy atom. The fourth-order valence-corrected chi connectivity index (χ4v) is 1.98. The summed E-state index contributed by atoms with van der Waals surface area (Å²) in [6.45, 7) is 2.30. The lowest BCUT2D eigenvalue weighted by atomic mass is 9.99. The van der Waals surface area contributed by atoms with Crippen molar-refractivity contribution in [2.45, 2.75) is 13.8 Å². The van der Waals surface area contributed by atoms with Crippen molar-refractivity contribution in [3.05, 3.63) is 46.6 Å². The summed E-state index contributed by atoms with van der Waals surface area (Å²) in [6, 6.07) is 0. The molecule has 0 atom stereocenters. The number of carbonyl (C=O) groups is 4. The molecule has 0 amide bonds.